The summed E-state index contributed by atoms with van der Waals surface area (Å²) in [5.74, 6) is -0.178. The zero-order chi connectivity index (χ0) is 21.4. The van der Waals surface area contributed by atoms with Crippen LogP contribution in [0.5, 0.6) is 0 Å². The van der Waals surface area contributed by atoms with Crippen LogP contribution in [0.25, 0.3) is 0 Å². The predicted octanol–water partition coefficient (Wildman–Crippen LogP) is 5.59. The molecule has 156 valence electrons. The van der Waals surface area contributed by atoms with E-state index in [9.17, 15) is 14.3 Å². The lowest BCUT2D eigenvalue weighted by Crippen LogP contribution is -2.43. The molecule has 1 heterocycles. The molecule has 0 bridgehead atoms. The van der Waals surface area contributed by atoms with E-state index < -0.39 is 5.60 Å². The maximum absolute atomic E-state index is 12.2. The second-order valence-electron chi connectivity index (χ2n) is 7.67. The molecule has 1 aliphatic heterocycles. The number of aliphatic hydroxyl groups is 1. The average Bonchev–Trinajstić information content (AvgIpc) is 2.68. The number of cyclic esters (lactones) is 1. The van der Waals surface area contributed by atoms with Gasteiger partial charge in [0.25, 0.3) is 0 Å². The number of halogens is 1. The van der Waals surface area contributed by atoms with Crippen LogP contribution in [0.2, 0.25) is 0 Å². The molecule has 2 atom stereocenters. The fourth-order valence-corrected chi connectivity index (χ4v) is 3.12. The van der Waals surface area contributed by atoms with Gasteiger partial charge in [-0.05, 0) is 44.0 Å². The first kappa shape index (κ1) is 22.6. The van der Waals surface area contributed by atoms with Crippen molar-refractivity contribution in [2.24, 2.45) is 0 Å². The standard InChI is InChI=1S/C18H25NO3.C6H5F/c1-5-7-16-10-11-19(17(20)22-16)13(2)14-8-6-9-15(12-14)18(3,4)21;7-6-4-2-1-3-5-6/h5-6,8-9,12-13,16,21H,1,7,10-11H2,2-4H3;1-5H. The van der Waals surface area contributed by atoms with Crippen LogP contribution in [0.3, 0.4) is 0 Å². The fourth-order valence-electron chi connectivity index (χ4n) is 3.12. The highest BCUT2D eigenvalue weighted by atomic mass is 19.1. The third-order valence-electron chi connectivity index (χ3n) is 4.90. The van der Waals surface area contributed by atoms with E-state index in [0.29, 0.717) is 13.0 Å². The summed E-state index contributed by atoms with van der Waals surface area (Å²) in [6, 6.07) is 15.6. The normalized spacial score (nSPS) is 17.6. The van der Waals surface area contributed by atoms with E-state index >= 15 is 0 Å². The Morgan fingerprint density at radius 2 is 1.97 bits per heavy atom. The van der Waals surface area contributed by atoms with E-state index in [0.717, 1.165) is 17.5 Å². The molecule has 1 amide bonds. The van der Waals surface area contributed by atoms with Crippen molar-refractivity contribution in [3.8, 4) is 0 Å². The van der Waals surface area contributed by atoms with Gasteiger partial charge in [0.2, 0.25) is 0 Å². The third kappa shape index (κ3) is 6.71. The summed E-state index contributed by atoms with van der Waals surface area (Å²) in [7, 11) is 0. The van der Waals surface area contributed by atoms with Gasteiger partial charge < -0.3 is 14.7 Å². The molecule has 0 saturated carbocycles. The van der Waals surface area contributed by atoms with E-state index in [-0.39, 0.29) is 24.1 Å². The molecule has 29 heavy (non-hydrogen) atoms. The summed E-state index contributed by atoms with van der Waals surface area (Å²) < 4.78 is 17.4. The molecular formula is C24H30FNO3. The first-order valence-electron chi connectivity index (χ1n) is 9.84. The van der Waals surface area contributed by atoms with Crippen molar-refractivity contribution in [1.82, 2.24) is 4.90 Å². The number of benzene rings is 2. The highest BCUT2D eigenvalue weighted by molar-refractivity contribution is 5.69. The van der Waals surface area contributed by atoms with Gasteiger partial charge in [-0.3, -0.25) is 0 Å². The highest BCUT2D eigenvalue weighted by Gasteiger charge is 2.30. The molecule has 4 nitrogen and oxygen atoms in total. The number of rotatable bonds is 5. The molecule has 0 spiro atoms. The van der Waals surface area contributed by atoms with E-state index in [1.807, 2.05) is 31.2 Å². The Morgan fingerprint density at radius 3 is 2.48 bits per heavy atom. The van der Waals surface area contributed by atoms with Crippen LogP contribution in [0.4, 0.5) is 9.18 Å². The van der Waals surface area contributed by atoms with E-state index in [1.165, 1.54) is 12.1 Å². The molecule has 3 rings (SSSR count). The van der Waals surface area contributed by atoms with Gasteiger partial charge in [-0.15, -0.1) is 6.58 Å². The molecule has 2 aromatic carbocycles. The van der Waals surface area contributed by atoms with Crippen molar-refractivity contribution >= 4 is 6.09 Å². The molecule has 0 aliphatic carbocycles. The van der Waals surface area contributed by atoms with E-state index in [1.54, 1.807) is 43.0 Å². The smallest absolute Gasteiger partial charge is 0.410 e. The monoisotopic (exact) mass is 399 g/mol. The number of hydrogen-bond donors (Lipinski definition) is 1. The number of carbonyl (C=O) groups excluding carboxylic acids is 1. The van der Waals surface area contributed by atoms with Crippen LogP contribution in [0.1, 0.15) is 50.8 Å². The lowest BCUT2D eigenvalue weighted by Gasteiger charge is -2.36. The Hall–Kier alpha value is -2.66. The predicted molar refractivity (Wildman–Crippen MR) is 113 cm³/mol. The maximum atomic E-state index is 12.2. The maximum Gasteiger partial charge on any atom is 0.410 e. The summed E-state index contributed by atoms with van der Waals surface area (Å²) in [6.07, 6.45) is 2.95. The van der Waals surface area contributed by atoms with Gasteiger partial charge in [0.1, 0.15) is 11.9 Å². The van der Waals surface area contributed by atoms with Crippen LogP contribution in [0.15, 0.2) is 67.3 Å². The van der Waals surface area contributed by atoms with Gasteiger partial charge in [0.15, 0.2) is 0 Å². The summed E-state index contributed by atoms with van der Waals surface area (Å²) in [5.41, 5.74) is 0.943. The zero-order valence-electron chi connectivity index (χ0n) is 17.3. The Labute approximate surface area is 172 Å². The van der Waals surface area contributed by atoms with Gasteiger partial charge in [0.05, 0.1) is 11.6 Å². The Bertz CT molecular complexity index is 801. The minimum Gasteiger partial charge on any atom is -0.446 e. The number of amides is 1. The van der Waals surface area contributed by atoms with Crippen molar-refractivity contribution in [2.75, 3.05) is 6.54 Å². The Morgan fingerprint density at radius 1 is 1.28 bits per heavy atom. The first-order valence-corrected chi connectivity index (χ1v) is 9.84. The van der Waals surface area contributed by atoms with Crippen molar-refractivity contribution in [2.45, 2.75) is 51.4 Å². The van der Waals surface area contributed by atoms with E-state index in [2.05, 4.69) is 6.58 Å². The van der Waals surface area contributed by atoms with Gasteiger partial charge in [-0.1, -0.05) is 48.5 Å². The van der Waals surface area contributed by atoms with Gasteiger partial charge in [-0.25, -0.2) is 9.18 Å². The molecule has 0 radical (unpaired) electrons. The van der Waals surface area contributed by atoms with Crippen molar-refractivity contribution in [1.29, 1.82) is 0 Å². The molecule has 5 heteroatoms. The van der Waals surface area contributed by atoms with Crippen molar-refractivity contribution < 1.29 is 19.0 Å². The molecule has 1 fully saturated rings. The second kappa shape index (κ2) is 10.2. The Balaban J connectivity index is 0.000000360. The lowest BCUT2D eigenvalue weighted by molar-refractivity contribution is 0.0146. The molecule has 0 aromatic heterocycles. The SMILES string of the molecule is C=CCC1CCN(C(C)c2cccc(C(C)(C)O)c2)C(=O)O1.Fc1ccccc1. The van der Waals surface area contributed by atoms with Gasteiger partial charge >= 0.3 is 6.09 Å². The summed E-state index contributed by atoms with van der Waals surface area (Å²) >= 11 is 0. The highest BCUT2D eigenvalue weighted by Crippen LogP contribution is 2.29. The van der Waals surface area contributed by atoms with Crippen molar-refractivity contribution in [3.63, 3.8) is 0 Å². The quantitative estimate of drug-likeness (QED) is 0.667. The third-order valence-corrected chi connectivity index (χ3v) is 4.90. The van der Waals surface area contributed by atoms with E-state index in [4.69, 9.17) is 4.74 Å². The van der Waals surface area contributed by atoms with Crippen LogP contribution in [-0.4, -0.2) is 28.7 Å². The molecule has 1 N–H and O–H groups in total. The van der Waals surface area contributed by atoms with Gasteiger partial charge in [0, 0.05) is 19.4 Å². The lowest BCUT2D eigenvalue weighted by atomic mass is 9.94. The van der Waals surface area contributed by atoms with Crippen LogP contribution in [0, 0.1) is 5.82 Å². The second-order valence-corrected chi connectivity index (χ2v) is 7.67. The van der Waals surface area contributed by atoms with Crippen molar-refractivity contribution in [3.05, 3.63) is 84.2 Å². The largest absolute Gasteiger partial charge is 0.446 e. The zero-order valence-corrected chi connectivity index (χ0v) is 17.3. The van der Waals surface area contributed by atoms with Crippen LogP contribution >= 0.6 is 0 Å². The summed E-state index contributed by atoms with van der Waals surface area (Å²) in [6.45, 7) is 9.85. The molecule has 2 unspecified atom stereocenters. The molecule has 1 aliphatic rings. The molecule has 2 aromatic rings. The van der Waals surface area contributed by atoms with Crippen LogP contribution in [-0.2, 0) is 10.3 Å². The number of ether oxygens (including phenoxy) is 1. The number of nitrogens with zero attached hydrogens (tertiary/aromatic N) is 1. The minimum atomic E-state index is -0.896. The minimum absolute atomic E-state index is 0.0591. The molecular weight excluding hydrogens is 369 g/mol. The fraction of sp³-hybridized carbons (Fsp3) is 0.375. The number of hydrogen-bond acceptors (Lipinski definition) is 3. The number of carbonyl (C=O) groups is 1. The molecule has 1 saturated heterocycles. The van der Waals surface area contributed by atoms with Gasteiger partial charge in [-0.2, -0.15) is 0 Å². The Kier molecular flexibility index (Phi) is 7.97. The summed E-state index contributed by atoms with van der Waals surface area (Å²) in [5, 5.41) is 10.1. The first-order chi connectivity index (χ1) is 13.7. The average molecular weight is 400 g/mol. The van der Waals surface area contributed by atoms with Crippen LogP contribution < -0.4 is 0 Å². The topological polar surface area (TPSA) is 49.8 Å². The summed E-state index contributed by atoms with van der Waals surface area (Å²) in [4.78, 5) is 13.9.